The Balaban J connectivity index is 2.48. The SMILES string of the molecule is CCOC(=O)CC(CCc1ccccc1)C(=O)O. The summed E-state index contributed by atoms with van der Waals surface area (Å²) in [6.07, 6.45) is 1.03. The number of hydrogen-bond acceptors (Lipinski definition) is 3. The number of carbonyl (C=O) groups excluding carboxylic acids is 1. The number of carboxylic acid groups (broad SMARTS) is 1. The Morgan fingerprint density at radius 3 is 2.50 bits per heavy atom. The van der Waals surface area contributed by atoms with Gasteiger partial charge in [0.2, 0.25) is 0 Å². The van der Waals surface area contributed by atoms with Crippen LogP contribution in [0.25, 0.3) is 0 Å². The summed E-state index contributed by atoms with van der Waals surface area (Å²) in [5.74, 6) is -2.07. The van der Waals surface area contributed by atoms with Gasteiger partial charge in [0.15, 0.2) is 0 Å². The number of ether oxygens (including phenoxy) is 1. The lowest BCUT2D eigenvalue weighted by molar-refractivity contribution is -0.151. The number of carboxylic acids is 1. The second-order valence-electron chi connectivity index (χ2n) is 4.07. The first-order chi connectivity index (χ1) is 8.63. The van der Waals surface area contributed by atoms with E-state index in [4.69, 9.17) is 9.84 Å². The predicted octanol–water partition coefficient (Wildman–Crippen LogP) is 2.27. The molecule has 1 atom stereocenters. The Bertz CT molecular complexity index is 386. The van der Waals surface area contributed by atoms with Crippen molar-refractivity contribution in [2.75, 3.05) is 6.61 Å². The van der Waals surface area contributed by atoms with Crippen LogP contribution in [0.5, 0.6) is 0 Å². The van der Waals surface area contributed by atoms with Gasteiger partial charge in [0.25, 0.3) is 0 Å². The maximum Gasteiger partial charge on any atom is 0.307 e. The highest BCUT2D eigenvalue weighted by Crippen LogP contribution is 2.14. The third kappa shape index (κ3) is 4.99. The van der Waals surface area contributed by atoms with E-state index in [9.17, 15) is 9.59 Å². The van der Waals surface area contributed by atoms with Gasteiger partial charge in [-0.15, -0.1) is 0 Å². The van der Waals surface area contributed by atoms with Gasteiger partial charge in [0, 0.05) is 0 Å². The largest absolute Gasteiger partial charge is 0.481 e. The van der Waals surface area contributed by atoms with Gasteiger partial charge in [-0.05, 0) is 25.3 Å². The van der Waals surface area contributed by atoms with Crippen molar-refractivity contribution in [1.82, 2.24) is 0 Å². The summed E-state index contributed by atoms with van der Waals surface area (Å²) in [5.41, 5.74) is 1.08. The summed E-state index contributed by atoms with van der Waals surface area (Å²) in [5, 5.41) is 9.06. The zero-order valence-corrected chi connectivity index (χ0v) is 10.5. The molecule has 0 aliphatic carbocycles. The number of carbonyl (C=O) groups is 2. The van der Waals surface area contributed by atoms with Crippen molar-refractivity contribution < 1.29 is 19.4 Å². The molecule has 1 unspecified atom stereocenters. The molecule has 0 heterocycles. The van der Waals surface area contributed by atoms with Gasteiger partial charge in [0.05, 0.1) is 18.9 Å². The molecule has 0 bridgehead atoms. The molecule has 0 amide bonds. The zero-order valence-electron chi connectivity index (χ0n) is 10.5. The molecule has 0 saturated carbocycles. The van der Waals surface area contributed by atoms with E-state index >= 15 is 0 Å². The molecule has 0 radical (unpaired) electrons. The summed E-state index contributed by atoms with van der Waals surface area (Å²) in [7, 11) is 0. The van der Waals surface area contributed by atoms with E-state index in [0.717, 1.165) is 5.56 Å². The van der Waals surface area contributed by atoms with E-state index < -0.39 is 17.9 Å². The topological polar surface area (TPSA) is 63.6 Å². The fraction of sp³-hybridized carbons (Fsp3) is 0.429. The van der Waals surface area contributed by atoms with Crippen LogP contribution in [-0.4, -0.2) is 23.7 Å². The first kappa shape index (κ1) is 14.2. The lowest BCUT2D eigenvalue weighted by Gasteiger charge is -2.11. The van der Waals surface area contributed by atoms with Crippen LogP contribution in [0.1, 0.15) is 25.3 Å². The van der Waals surface area contributed by atoms with Crippen molar-refractivity contribution in [3.8, 4) is 0 Å². The third-order valence-corrected chi connectivity index (χ3v) is 2.69. The molecule has 18 heavy (non-hydrogen) atoms. The minimum absolute atomic E-state index is 0.0595. The zero-order chi connectivity index (χ0) is 13.4. The summed E-state index contributed by atoms with van der Waals surface area (Å²) in [6, 6.07) is 9.64. The molecule has 1 aromatic carbocycles. The second kappa shape index (κ2) is 7.48. The fourth-order valence-electron chi connectivity index (χ4n) is 1.72. The van der Waals surface area contributed by atoms with Crippen LogP contribution in [0.3, 0.4) is 0 Å². The highest BCUT2D eigenvalue weighted by molar-refractivity contribution is 5.78. The molecule has 98 valence electrons. The first-order valence-electron chi connectivity index (χ1n) is 6.05. The van der Waals surface area contributed by atoms with E-state index in [2.05, 4.69) is 0 Å². The molecule has 1 N–H and O–H groups in total. The molecule has 0 aliphatic heterocycles. The quantitative estimate of drug-likeness (QED) is 0.754. The first-order valence-corrected chi connectivity index (χ1v) is 6.05. The van der Waals surface area contributed by atoms with Crippen molar-refractivity contribution in [1.29, 1.82) is 0 Å². The van der Waals surface area contributed by atoms with E-state index in [1.54, 1.807) is 6.92 Å². The van der Waals surface area contributed by atoms with E-state index in [-0.39, 0.29) is 13.0 Å². The smallest absolute Gasteiger partial charge is 0.307 e. The molecular weight excluding hydrogens is 232 g/mol. The third-order valence-electron chi connectivity index (χ3n) is 2.69. The number of aryl methyl sites for hydroxylation is 1. The minimum Gasteiger partial charge on any atom is -0.481 e. The maximum atomic E-state index is 11.3. The van der Waals surface area contributed by atoms with E-state index in [0.29, 0.717) is 12.8 Å². The highest BCUT2D eigenvalue weighted by atomic mass is 16.5. The van der Waals surface area contributed by atoms with Crippen molar-refractivity contribution in [3.63, 3.8) is 0 Å². The van der Waals surface area contributed by atoms with E-state index in [1.807, 2.05) is 30.3 Å². The monoisotopic (exact) mass is 250 g/mol. The summed E-state index contributed by atoms with van der Waals surface area (Å²) in [4.78, 5) is 22.3. The standard InChI is InChI=1S/C14H18O4/c1-2-18-13(15)10-12(14(16)17)9-8-11-6-4-3-5-7-11/h3-7,12H,2,8-10H2,1H3,(H,16,17). The van der Waals surface area contributed by atoms with Gasteiger partial charge in [0.1, 0.15) is 0 Å². The average molecular weight is 250 g/mol. The molecule has 0 spiro atoms. The minimum atomic E-state index is -0.945. The highest BCUT2D eigenvalue weighted by Gasteiger charge is 2.21. The van der Waals surface area contributed by atoms with Crippen LogP contribution in [0.4, 0.5) is 0 Å². The second-order valence-corrected chi connectivity index (χ2v) is 4.07. The Hall–Kier alpha value is -1.84. The Morgan fingerprint density at radius 1 is 1.28 bits per heavy atom. The molecular formula is C14H18O4. The number of hydrogen-bond donors (Lipinski definition) is 1. The Kier molecular flexibility index (Phi) is 5.91. The Labute approximate surface area is 107 Å². The molecule has 0 fully saturated rings. The van der Waals surface area contributed by atoms with Crippen molar-refractivity contribution in [2.45, 2.75) is 26.2 Å². The van der Waals surface area contributed by atoms with Gasteiger partial charge in [-0.2, -0.15) is 0 Å². The predicted molar refractivity (Wildman–Crippen MR) is 67.1 cm³/mol. The van der Waals surface area contributed by atoms with Gasteiger partial charge in [-0.3, -0.25) is 9.59 Å². The van der Waals surface area contributed by atoms with Gasteiger partial charge in [-0.1, -0.05) is 30.3 Å². The number of esters is 1. The molecule has 0 aliphatic rings. The molecule has 4 heteroatoms. The number of benzene rings is 1. The summed E-state index contributed by atoms with van der Waals surface area (Å²) < 4.78 is 4.77. The van der Waals surface area contributed by atoms with Crippen molar-refractivity contribution in [3.05, 3.63) is 35.9 Å². The molecule has 1 rings (SSSR count). The fourth-order valence-corrected chi connectivity index (χ4v) is 1.72. The van der Waals surface area contributed by atoms with Crippen LogP contribution < -0.4 is 0 Å². The number of aliphatic carboxylic acids is 1. The maximum absolute atomic E-state index is 11.3. The van der Waals surface area contributed by atoms with Crippen LogP contribution >= 0.6 is 0 Å². The van der Waals surface area contributed by atoms with Gasteiger partial charge in [-0.25, -0.2) is 0 Å². The van der Waals surface area contributed by atoms with Crippen LogP contribution in [0, 0.1) is 5.92 Å². The average Bonchev–Trinajstić information content (AvgIpc) is 2.35. The van der Waals surface area contributed by atoms with Gasteiger partial charge < -0.3 is 9.84 Å². The number of rotatable bonds is 7. The van der Waals surface area contributed by atoms with E-state index in [1.165, 1.54) is 0 Å². The van der Waals surface area contributed by atoms with Crippen molar-refractivity contribution >= 4 is 11.9 Å². The van der Waals surface area contributed by atoms with Crippen molar-refractivity contribution in [2.24, 2.45) is 5.92 Å². The summed E-state index contributed by atoms with van der Waals surface area (Å²) >= 11 is 0. The lowest BCUT2D eigenvalue weighted by atomic mass is 9.96. The lowest BCUT2D eigenvalue weighted by Crippen LogP contribution is -2.20. The van der Waals surface area contributed by atoms with Crippen LogP contribution in [0.15, 0.2) is 30.3 Å². The molecule has 1 aromatic rings. The molecule has 0 saturated heterocycles. The van der Waals surface area contributed by atoms with Crippen LogP contribution in [-0.2, 0) is 20.7 Å². The summed E-state index contributed by atoms with van der Waals surface area (Å²) in [6.45, 7) is 1.99. The molecule has 4 nitrogen and oxygen atoms in total. The Morgan fingerprint density at radius 2 is 1.94 bits per heavy atom. The van der Waals surface area contributed by atoms with Gasteiger partial charge >= 0.3 is 11.9 Å². The normalized spacial score (nSPS) is 11.8. The van der Waals surface area contributed by atoms with Crippen LogP contribution in [0.2, 0.25) is 0 Å². The molecule has 0 aromatic heterocycles.